The van der Waals surface area contributed by atoms with Crippen LogP contribution in [0.4, 0.5) is 5.69 Å². The van der Waals surface area contributed by atoms with E-state index in [1.54, 1.807) is 6.07 Å². The number of carbonyl (C=O) groups excluding carboxylic acids is 1. The summed E-state index contributed by atoms with van der Waals surface area (Å²) in [5.41, 5.74) is 6.47. The fraction of sp³-hybridized carbons (Fsp3) is 0.462. The van der Waals surface area contributed by atoms with E-state index in [1.165, 1.54) is 31.4 Å². The van der Waals surface area contributed by atoms with Crippen LogP contribution in [0.2, 0.25) is 0 Å². The smallest absolute Gasteiger partial charge is 0.251 e. The summed E-state index contributed by atoms with van der Waals surface area (Å²) >= 11 is 0. The van der Waals surface area contributed by atoms with Gasteiger partial charge in [0.05, 0.1) is 5.69 Å². The van der Waals surface area contributed by atoms with Crippen LogP contribution in [-0.2, 0) is 0 Å². The molecule has 0 heterocycles. The highest BCUT2D eigenvalue weighted by molar-refractivity contribution is 5.95. The van der Waals surface area contributed by atoms with Crippen LogP contribution in [0, 0.1) is 5.41 Å². The Morgan fingerprint density at radius 1 is 1.53 bits per heavy atom. The number of carbonyl (C=O) groups is 1. The second kappa shape index (κ2) is 4.28. The molecule has 1 amide bonds. The standard InChI is InChI=1S/C13H18N2O2/c1-13(5-2-6-13)8-15-12(17)9-3-4-10(14)11(16)7-9/h3-4,7,16H,2,5-6,8,14H2,1H3,(H,15,17). The third-order valence-corrected chi connectivity index (χ3v) is 3.53. The van der Waals surface area contributed by atoms with Crippen molar-refractivity contribution < 1.29 is 9.90 Å². The molecule has 0 unspecified atom stereocenters. The Hall–Kier alpha value is -1.71. The SMILES string of the molecule is CC1(CNC(=O)c2ccc(N)c(O)c2)CCC1. The molecule has 4 N–H and O–H groups in total. The number of nitrogen functional groups attached to an aromatic ring is 1. The van der Waals surface area contributed by atoms with E-state index in [0.29, 0.717) is 12.1 Å². The Balaban J connectivity index is 1.97. The molecule has 0 spiro atoms. The summed E-state index contributed by atoms with van der Waals surface area (Å²) < 4.78 is 0. The highest BCUT2D eigenvalue weighted by Gasteiger charge is 2.31. The van der Waals surface area contributed by atoms with Gasteiger partial charge in [0.1, 0.15) is 5.75 Å². The molecular weight excluding hydrogens is 216 g/mol. The lowest BCUT2D eigenvalue weighted by atomic mass is 9.70. The second-order valence-corrected chi connectivity index (χ2v) is 5.12. The van der Waals surface area contributed by atoms with Crippen LogP contribution in [0.1, 0.15) is 36.5 Å². The first-order chi connectivity index (χ1) is 8.00. The lowest BCUT2D eigenvalue weighted by molar-refractivity contribution is 0.0890. The minimum Gasteiger partial charge on any atom is -0.506 e. The first-order valence-electron chi connectivity index (χ1n) is 5.87. The molecule has 4 nitrogen and oxygen atoms in total. The minimum absolute atomic E-state index is 0.0486. The predicted molar refractivity (Wildman–Crippen MR) is 66.8 cm³/mol. The summed E-state index contributed by atoms with van der Waals surface area (Å²) in [7, 11) is 0. The van der Waals surface area contributed by atoms with Crippen molar-refractivity contribution >= 4 is 11.6 Å². The number of benzene rings is 1. The summed E-state index contributed by atoms with van der Waals surface area (Å²) in [4.78, 5) is 11.8. The molecule has 0 saturated heterocycles. The molecular formula is C13H18N2O2. The molecule has 0 bridgehead atoms. The number of anilines is 1. The van der Waals surface area contributed by atoms with Gasteiger partial charge in [-0.25, -0.2) is 0 Å². The number of nitrogens with two attached hydrogens (primary N) is 1. The Morgan fingerprint density at radius 3 is 2.76 bits per heavy atom. The number of nitrogens with one attached hydrogen (secondary N) is 1. The summed E-state index contributed by atoms with van der Waals surface area (Å²) in [5, 5.41) is 12.3. The van der Waals surface area contributed by atoms with E-state index in [2.05, 4.69) is 12.2 Å². The maximum atomic E-state index is 11.8. The topological polar surface area (TPSA) is 75.4 Å². The van der Waals surface area contributed by atoms with Gasteiger partial charge in [0, 0.05) is 12.1 Å². The molecule has 17 heavy (non-hydrogen) atoms. The summed E-state index contributed by atoms with van der Waals surface area (Å²) in [5.74, 6) is -0.207. The predicted octanol–water partition coefficient (Wildman–Crippen LogP) is 1.89. The quantitative estimate of drug-likeness (QED) is 0.552. The molecule has 0 aliphatic heterocycles. The van der Waals surface area contributed by atoms with Gasteiger partial charge in [-0.05, 0) is 36.5 Å². The maximum absolute atomic E-state index is 11.8. The van der Waals surface area contributed by atoms with Crippen molar-refractivity contribution in [2.45, 2.75) is 26.2 Å². The normalized spacial score (nSPS) is 17.2. The van der Waals surface area contributed by atoms with E-state index >= 15 is 0 Å². The second-order valence-electron chi connectivity index (χ2n) is 5.12. The van der Waals surface area contributed by atoms with Crippen LogP contribution in [0.15, 0.2) is 18.2 Å². The third kappa shape index (κ3) is 2.52. The fourth-order valence-corrected chi connectivity index (χ4v) is 2.04. The van der Waals surface area contributed by atoms with E-state index in [9.17, 15) is 9.90 Å². The van der Waals surface area contributed by atoms with Gasteiger partial charge in [-0.1, -0.05) is 13.3 Å². The average molecular weight is 234 g/mol. The summed E-state index contributed by atoms with van der Waals surface area (Å²) in [6, 6.07) is 4.55. The molecule has 1 fully saturated rings. The highest BCUT2D eigenvalue weighted by Crippen LogP contribution is 2.39. The first kappa shape index (κ1) is 11.8. The molecule has 0 radical (unpaired) electrons. The number of aromatic hydroxyl groups is 1. The molecule has 4 heteroatoms. The lowest BCUT2D eigenvalue weighted by Gasteiger charge is -2.38. The van der Waals surface area contributed by atoms with E-state index in [1.807, 2.05) is 0 Å². The van der Waals surface area contributed by atoms with Gasteiger partial charge in [0.15, 0.2) is 0 Å². The summed E-state index contributed by atoms with van der Waals surface area (Å²) in [6.07, 6.45) is 3.58. The molecule has 2 rings (SSSR count). The van der Waals surface area contributed by atoms with Crippen molar-refractivity contribution in [2.24, 2.45) is 5.41 Å². The van der Waals surface area contributed by atoms with Gasteiger partial charge >= 0.3 is 0 Å². The molecule has 1 aromatic rings. The van der Waals surface area contributed by atoms with Gasteiger partial charge in [0.25, 0.3) is 5.91 Å². The number of phenolic OH excluding ortho intramolecular Hbond substituents is 1. The Kier molecular flexibility index (Phi) is 2.96. The first-order valence-corrected chi connectivity index (χ1v) is 5.87. The number of hydrogen-bond donors (Lipinski definition) is 3. The highest BCUT2D eigenvalue weighted by atomic mass is 16.3. The van der Waals surface area contributed by atoms with Gasteiger partial charge in [-0.3, -0.25) is 4.79 Å². The van der Waals surface area contributed by atoms with Crippen LogP contribution in [0.3, 0.4) is 0 Å². The Labute approximate surface area is 101 Å². The largest absolute Gasteiger partial charge is 0.506 e. The molecule has 0 aromatic heterocycles. The zero-order valence-electron chi connectivity index (χ0n) is 9.99. The van der Waals surface area contributed by atoms with Crippen LogP contribution < -0.4 is 11.1 Å². The Morgan fingerprint density at radius 2 is 2.24 bits per heavy atom. The number of amides is 1. The van der Waals surface area contributed by atoms with Gasteiger partial charge in [0.2, 0.25) is 0 Å². The monoisotopic (exact) mass is 234 g/mol. The number of hydrogen-bond acceptors (Lipinski definition) is 3. The summed E-state index contributed by atoms with van der Waals surface area (Å²) in [6.45, 7) is 2.87. The fourth-order valence-electron chi connectivity index (χ4n) is 2.04. The zero-order chi connectivity index (χ0) is 12.5. The van der Waals surface area contributed by atoms with E-state index in [0.717, 1.165) is 0 Å². The van der Waals surface area contributed by atoms with Crippen molar-refractivity contribution in [2.75, 3.05) is 12.3 Å². The van der Waals surface area contributed by atoms with Crippen LogP contribution >= 0.6 is 0 Å². The van der Waals surface area contributed by atoms with Gasteiger partial charge in [-0.2, -0.15) is 0 Å². The molecule has 1 saturated carbocycles. The molecule has 92 valence electrons. The van der Waals surface area contributed by atoms with Crippen molar-refractivity contribution in [3.63, 3.8) is 0 Å². The molecule has 0 atom stereocenters. The minimum atomic E-state index is -0.159. The van der Waals surface area contributed by atoms with Crippen molar-refractivity contribution in [1.82, 2.24) is 5.32 Å². The molecule has 1 aliphatic rings. The maximum Gasteiger partial charge on any atom is 0.251 e. The van der Waals surface area contributed by atoms with Gasteiger partial charge in [-0.15, -0.1) is 0 Å². The van der Waals surface area contributed by atoms with Crippen LogP contribution in [0.25, 0.3) is 0 Å². The molecule has 1 aromatic carbocycles. The van der Waals surface area contributed by atoms with Crippen molar-refractivity contribution in [1.29, 1.82) is 0 Å². The van der Waals surface area contributed by atoms with Crippen molar-refractivity contribution in [3.05, 3.63) is 23.8 Å². The van der Waals surface area contributed by atoms with E-state index < -0.39 is 0 Å². The zero-order valence-corrected chi connectivity index (χ0v) is 9.99. The van der Waals surface area contributed by atoms with Gasteiger partial charge < -0.3 is 16.2 Å². The lowest BCUT2D eigenvalue weighted by Crippen LogP contribution is -2.39. The van der Waals surface area contributed by atoms with E-state index in [-0.39, 0.29) is 22.8 Å². The van der Waals surface area contributed by atoms with Crippen LogP contribution in [-0.4, -0.2) is 17.6 Å². The number of phenols is 1. The van der Waals surface area contributed by atoms with Crippen LogP contribution in [0.5, 0.6) is 5.75 Å². The van der Waals surface area contributed by atoms with Crippen molar-refractivity contribution in [3.8, 4) is 5.75 Å². The third-order valence-electron chi connectivity index (χ3n) is 3.53. The average Bonchev–Trinajstić information content (AvgIpc) is 2.27. The molecule has 1 aliphatic carbocycles. The number of rotatable bonds is 3. The Bertz CT molecular complexity index is 439. The van der Waals surface area contributed by atoms with E-state index in [4.69, 9.17) is 5.73 Å².